The molecular formula is C17H24O4. The third kappa shape index (κ3) is 6.93. The van der Waals surface area contributed by atoms with Crippen LogP contribution in [-0.2, 0) is 14.3 Å². The molecule has 1 aromatic carbocycles. The van der Waals surface area contributed by atoms with E-state index in [0.29, 0.717) is 38.0 Å². The van der Waals surface area contributed by atoms with E-state index in [2.05, 4.69) is 0 Å². The van der Waals surface area contributed by atoms with Crippen molar-refractivity contribution in [3.8, 4) is 5.75 Å². The Morgan fingerprint density at radius 3 is 2.38 bits per heavy atom. The van der Waals surface area contributed by atoms with Crippen molar-refractivity contribution in [2.75, 3.05) is 6.61 Å². The molecule has 1 rings (SSSR count). The first kappa shape index (κ1) is 17.2. The van der Waals surface area contributed by atoms with Gasteiger partial charge in [-0.15, -0.1) is 0 Å². The fourth-order valence-corrected chi connectivity index (χ4v) is 1.82. The Labute approximate surface area is 126 Å². The van der Waals surface area contributed by atoms with E-state index in [1.54, 1.807) is 0 Å². The number of benzene rings is 1. The van der Waals surface area contributed by atoms with Gasteiger partial charge in [0.15, 0.2) is 0 Å². The highest BCUT2D eigenvalue weighted by Crippen LogP contribution is 2.20. The van der Waals surface area contributed by atoms with E-state index in [1.807, 2.05) is 39.0 Å². The summed E-state index contributed by atoms with van der Waals surface area (Å²) in [4.78, 5) is 23.0. The largest absolute Gasteiger partial charge is 0.466 e. The summed E-state index contributed by atoms with van der Waals surface area (Å²) in [6.45, 7) is 6.29. The number of ether oxygens (including phenoxy) is 2. The van der Waals surface area contributed by atoms with Crippen LogP contribution in [-0.4, -0.2) is 18.5 Å². The lowest BCUT2D eigenvalue weighted by Gasteiger charge is -2.08. The van der Waals surface area contributed by atoms with Gasteiger partial charge in [0.25, 0.3) is 0 Å². The van der Waals surface area contributed by atoms with Crippen molar-refractivity contribution in [1.29, 1.82) is 0 Å². The smallest absolute Gasteiger partial charge is 0.311 e. The van der Waals surface area contributed by atoms with Crippen molar-refractivity contribution in [2.24, 2.45) is 0 Å². The van der Waals surface area contributed by atoms with Crippen molar-refractivity contribution in [3.63, 3.8) is 0 Å². The number of hydrogen-bond acceptors (Lipinski definition) is 4. The highest BCUT2D eigenvalue weighted by Gasteiger charge is 2.08. The van der Waals surface area contributed by atoms with Crippen LogP contribution in [0.25, 0.3) is 0 Å². The zero-order valence-corrected chi connectivity index (χ0v) is 13.1. The molecule has 0 bridgehead atoms. The molecule has 0 atom stereocenters. The molecule has 116 valence electrons. The number of unbranched alkanes of at least 4 members (excludes halogenated alkanes) is 1. The van der Waals surface area contributed by atoms with E-state index in [4.69, 9.17) is 9.47 Å². The maximum atomic E-state index is 11.8. The number of rotatable bonds is 8. The quantitative estimate of drug-likeness (QED) is 0.416. The molecule has 0 saturated heterocycles. The maximum absolute atomic E-state index is 11.8. The molecule has 0 heterocycles. The van der Waals surface area contributed by atoms with Crippen LogP contribution in [0.15, 0.2) is 18.2 Å². The zero-order valence-electron chi connectivity index (χ0n) is 13.1. The lowest BCUT2D eigenvalue weighted by molar-refractivity contribution is -0.144. The zero-order chi connectivity index (χ0) is 15.7. The number of hydrogen-bond donors (Lipinski definition) is 0. The second-order valence-electron chi connectivity index (χ2n) is 5.17. The SMILES string of the molecule is CCCOC(=O)CCCCC(=O)Oc1cc(C)ccc1C. The van der Waals surface area contributed by atoms with Gasteiger partial charge in [-0.2, -0.15) is 0 Å². The van der Waals surface area contributed by atoms with Crippen LogP contribution in [0.2, 0.25) is 0 Å². The summed E-state index contributed by atoms with van der Waals surface area (Å²) in [5, 5.41) is 0. The van der Waals surface area contributed by atoms with E-state index in [9.17, 15) is 9.59 Å². The average molecular weight is 292 g/mol. The topological polar surface area (TPSA) is 52.6 Å². The van der Waals surface area contributed by atoms with Gasteiger partial charge in [-0.3, -0.25) is 9.59 Å². The van der Waals surface area contributed by atoms with Gasteiger partial charge in [-0.05, 0) is 50.3 Å². The molecule has 0 aliphatic rings. The molecular weight excluding hydrogens is 268 g/mol. The van der Waals surface area contributed by atoms with Crippen LogP contribution in [0.4, 0.5) is 0 Å². The second kappa shape index (κ2) is 9.16. The fraction of sp³-hybridized carbons (Fsp3) is 0.529. The molecule has 1 aromatic rings. The maximum Gasteiger partial charge on any atom is 0.311 e. The number of esters is 2. The fourth-order valence-electron chi connectivity index (χ4n) is 1.82. The normalized spacial score (nSPS) is 10.2. The van der Waals surface area contributed by atoms with Gasteiger partial charge in [0.05, 0.1) is 6.61 Å². The van der Waals surface area contributed by atoms with Crippen molar-refractivity contribution in [2.45, 2.75) is 52.9 Å². The number of aryl methyl sites for hydroxylation is 2. The standard InChI is InChI=1S/C17H24O4/c1-4-11-20-16(18)7-5-6-8-17(19)21-15-12-13(2)9-10-14(15)3/h9-10,12H,4-8,11H2,1-3H3. The Hall–Kier alpha value is -1.84. The van der Waals surface area contributed by atoms with Crippen LogP contribution in [0.5, 0.6) is 5.75 Å². The predicted molar refractivity (Wildman–Crippen MR) is 81.3 cm³/mol. The third-order valence-corrected chi connectivity index (χ3v) is 3.05. The van der Waals surface area contributed by atoms with Crippen molar-refractivity contribution in [3.05, 3.63) is 29.3 Å². The van der Waals surface area contributed by atoms with Crippen LogP contribution in [0.1, 0.15) is 50.2 Å². The van der Waals surface area contributed by atoms with Crippen LogP contribution >= 0.6 is 0 Å². The Kier molecular flexibility index (Phi) is 7.51. The third-order valence-electron chi connectivity index (χ3n) is 3.05. The van der Waals surface area contributed by atoms with Crippen LogP contribution in [0.3, 0.4) is 0 Å². The molecule has 4 nitrogen and oxygen atoms in total. The molecule has 21 heavy (non-hydrogen) atoms. The molecule has 0 radical (unpaired) electrons. The first-order valence-corrected chi connectivity index (χ1v) is 7.46. The molecule has 0 amide bonds. The summed E-state index contributed by atoms with van der Waals surface area (Å²) in [6, 6.07) is 5.77. The molecule has 0 fully saturated rings. The van der Waals surface area contributed by atoms with E-state index in [1.165, 1.54) is 0 Å². The highest BCUT2D eigenvalue weighted by atomic mass is 16.5. The van der Waals surface area contributed by atoms with Crippen LogP contribution < -0.4 is 4.74 Å². The van der Waals surface area contributed by atoms with Gasteiger partial charge in [-0.1, -0.05) is 19.1 Å². The van der Waals surface area contributed by atoms with Gasteiger partial charge in [0.2, 0.25) is 0 Å². The summed E-state index contributed by atoms with van der Waals surface area (Å²) >= 11 is 0. The monoisotopic (exact) mass is 292 g/mol. The molecule has 0 unspecified atom stereocenters. The average Bonchev–Trinajstić information content (AvgIpc) is 2.45. The van der Waals surface area contributed by atoms with Gasteiger partial charge in [-0.25, -0.2) is 0 Å². The highest BCUT2D eigenvalue weighted by molar-refractivity contribution is 5.73. The molecule has 4 heteroatoms. The lowest BCUT2D eigenvalue weighted by atomic mass is 10.1. The van der Waals surface area contributed by atoms with Gasteiger partial charge >= 0.3 is 11.9 Å². The Morgan fingerprint density at radius 1 is 1.05 bits per heavy atom. The van der Waals surface area contributed by atoms with Gasteiger partial charge in [0.1, 0.15) is 5.75 Å². The van der Waals surface area contributed by atoms with Crippen molar-refractivity contribution >= 4 is 11.9 Å². The minimum atomic E-state index is -0.259. The molecule has 0 aromatic heterocycles. The van der Waals surface area contributed by atoms with Gasteiger partial charge < -0.3 is 9.47 Å². The molecule has 0 spiro atoms. The summed E-state index contributed by atoms with van der Waals surface area (Å²) in [5.41, 5.74) is 2.00. The van der Waals surface area contributed by atoms with Gasteiger partial charge in [0, 0.05) is 12.8 Å². The van der Waals surface area contributed by atoms with E-state index < -0.39 is 0 Å². The van der Waals surface area contributed by atoms with Crippen molar-refractivity contribution < 1.29 is 19.1 Å². The van der Waals surface area contributed by atoms with Crippen LogP contribution in [0, 0.1) is 13.8 Å². The number of carbonyl (C=O) groups excluding carboxylic acids is 2. The number of carbonyl (C=O) groups is 2. The van der Waals surface area contributed by atoms with E-state index >= 15 is 0 Å². The minimum Gasteiger partial charge on any atom is -0.466 e. The predicted octanol–water partition coefficient (Wildman–Crippen LogP) is 3.72. The molecule has 0 aliphatic carbocycles. The Bertz CT molecular complexity index is 480. The first-order valence-electron chi connectivity index (χ1n) is 7.46. The van der Waals surface area contributed by atoms with Crippen molar-refractivity contribution in [1.82, 2.24) is 0 Å². The molecule has 0 saturated carbocycles. The summed E-state index contributed by atoms with van der Waals surface area (Å²) in [7, 11) is 0. The second-order valence-corrected chi connectivity index (χ2v) is 5.17. The lowest BCUT2D eigenvalue weighted by Crippen LogP contribution is -2.09. The first-order chi connectivity index (χ1) is 10.0. The summed E-state index contributed by atoms with van der Waals surface area (Å²) < 4.78 is 10.3. The summed E-state index contributed by atoms with van der Waals surface area (Å²) in [5.74, 6) is 0.160. The van der Waals surface area contributed by atoms with E-state index in [0.717, 1.165) is 17.5 Å². The van der Waals surface area contributed by atoms with E-state index in [-0.39, 0.29) is 11.9 Å². The molecule has 0 aliphatic heterocycles. The molecule has 0 N–H and O–H groups in total. The Balaban J connectivity index is 2.25. The Morgan fingerprint density at radius 2 is 1.71 bits per heavy atom. The summed E-state index contributed by atoms with van der Waals surface area (Å²) in [6.07, 6.45) is 2.77. The minimum absolute atomic E-state index is 0.195.